The average molecular weight is 511 g/mol. The van der Waals surface area contributed by atoms with Crippen molar-refractivity contribution in [3.05, 3.63) is 93.2 Å². The van der Waals surface area contributed by atoms with Crippen LogP contribution in [0.15, 0.2) is 65.6 Å². The number of hydrogen-bond acceptors (Lipinski definition) is 4. The number of nitrogens with zero attached hydrogens (tertiary/aromatic N) is 1. The van der Waals surface area contributed by atoms with Crippen LogP contribution < -0.4 is 5.32 Å². The van der Waals surface area contributed by atoms with E-state index in [1.807, 2.05) is 6.92 Å². The number of phenolic OH excluding ortho intramolecular Hbond substituents is 1. The summed E-state index contributed by atoms with van der Waals surface area (Å²) in [5, 5.41) is 12.9. The molecular formula is C23H21Cl2FN2O4S. The van der Waals surface area contributed by atoms with Gasteiger partial charge in [0.15, 0.2) is 5.75 Å². The van der Waals surface area contributed by atoms with Gasteiger partial charge in [-0.1, -0.05) is 47.5 Å². The molecule has 1 amide bonds. The predicted octanol–water partition coefficient (Wildman–Crippen LogP) is 4.98. The monoisotopic (exact) mass is 510 g/mol. The van der Waals surface area contributed by atoms with Crippen LogP contribution in [-0.4, -0.2) is 30.3 Å². The van der Waals surface area contributed by atoms with Crippen molar-refractivity contribution in [3.8, 4) is 5.75 Å². The highest BCUT2D eigenvalue weighted by atomic mass is 35.5. The van der Waals surface area contributed by atoms with Crippen molar-refractivity contribution in [1.82, 2.24) is 9.62 Å². The fourth-order valence-corrected chi connectivity index (χ4v) is 5.29. The summed E-state index contributed by atoms with van der Waals surface area (Å²) >= 11 is 11.9. The van der Waals surface area contributed by atoms with Crippen LogP contribution in [0.5, 0.6) is 5.75 Å². The Bertz CT molecular complexity index is 1250. The summed E-state index contributed by atoms with van der Waals surface area (Å²) in [4.78, 5) is 11.5. The number of aromatic hydroxyl groups is 1. The third kappa shape index (κ3) is 6.03. The van der Waals surface area contributed by atoms with Gasteiger partial charge in [0.2, 0.25) is 10.0 Å². The molecule has 0 aliphatic heterocycles. The lowest BCUT2D eigenvalue weighted by atomic mass is 10.1. The number of amides is 1. The molecule has 0 saturated heterocycles. The van der Waals surface area contributed by atoms with Gasteiger partial charge in [0.05, 0.1) is 5.02 Å². The first-order valence-corrected chi connectivity index (χ1v) is 12.1. The Hall–Kier alpha value is -2.65. The number of hydrogen-bond donors (Lipinski definition) is 2. The summed E-state index contributed by atoms with van der Waals surface area (Å²) < 4.78 is 41.5. The van der Waals surface area contributed by atoms with Gasteiger partial charge >= 0.3 is 0 Å². The summed E-state index contributed by atoms with van der Waals surface area (Å²) in [7, 11) is -4.28. The Labute approximate surface area is 201 Å². The Morgan fingerprint density at radius 1 is 1.00 bits per heavy atom. The number of rotatable bonds is 8. The average Bonchev–Trinajstić information content (AvgIpc) is 2.77. The standard InChI is InChI=1S/C23H21Cl2FN2O4S/c1-2-27-23(30)17-7-3-15(4-8-17)13-28(14-16-5-9-19(26)10-6-16)33(31,32)21-12-18(24)11-20(25)22(21)29/h3-12,29H,2,13-14H2,1H3,(H,27,30). The van der Waals surface area contributed by atoms with Crippen molar-refractivity contribution in [2.24, 2.45) is 0 Å². The molecule has 0 aromatic heterocycles. The minimum Gasteiger partial charge on any atom is -0.505 e. The minimum absolute atomic E-state index is 0.0457. The Morgan fingerprint density at radius 2 is 1.55 bits per heavy atom. The first-order chi connectivity index (χ1) is 15.6. The fraction of sp³-hybridized carbons (Fsp3) is 0.174. The lowest BCUT2D eigenvalue weighted by Gasteiger charge is -2.23. The lowest BCUT2D eigenvalue weighted by molar-refractivity contribution is 0.0955. The van der Waals surface area contributed by atoms with Crippen LogP contribution in [-0.2, 0) is 23.1 Å². The van der Waals surface area contributed by atoms with Gasteiger partial charge in [0, 0.05) is 30.2 Å². The lowest BCUT2D eigenvalue weighted by Crippen LogP contribution is -2.30. The molecule has 174 valence electrons. The summed E-state index contributed by atoms with van der Waals surface area (Å²) in [6.45, 7) is 2.10. The third-order valence-corrected chi connectivity index (χ3v) is 7.11. The predicted molar refractivity (Wildman–Crippen MR) is 125 cm³/mol. The Kier molecular flexibility index (Phi) is 7.97. The van der Waals surface area contributed by atoms with Crippen LogP contribution in [0.3, 0.4) is 0 Å². The molecular weight excluding hydrogens is 490 g/mol. The molecule has 0 fully saturated rings. The second-order valence-electron chi connectivity index (χ2n) is 7.19. The second kappa shape index (κ2) is 10.5. The zero-order valence-electron chi connectivity index (χ0n) is 17.6. The van der Waals surface area contributed by atoms with Crippen LogP contribution >= 0.6 is 23.2 Å². The maximum absolute atomic E-state index is 13.5. The first kappa shape index (κ1) is 25.0. The molecule has 3 aromatic rings. The molecule has 3 aromatic carbocycles. The van der Waals surface area contributed by atoms with Gasteiger partial charge in [-0.15, -0.1) is 0 Å². The molecule has 2 N–H and O–H groups in total. The number of benzene rings is 3. The molecule has 0 heterocycles. The van der Waals surface area contributed by atoms with E-state index in [2.05, 4.69) is 5.32 Å². The number of sulfonamides is 1. The zero-order valence-corrected chi connectivity index (χ0v) is 19.9. The van der Waals surface area contributed by atoms with E-state index in [-0.39, 0.29) is 29.0 Å². The van der Waals surface area contributed by atoms with Gasteiger partial charge < -0.3 is 10.4 Å². The number of phenols is 1. The number of halogens is 3. The number of nitrogens with one attached hydrogen (secondary N) is 1. The highest BCUT2D eigenvalue weighted by Crippen LogP contribution is 2.36. The van der Waals surface area contributed by atoms with Gasteiger partial charge in [0.25, 0.3) is 5.91 Å². The van der Waals surface area contributed by atoms with Crippen LogP contribution in [0.1, 0.15) is 28.4 Å². The van der Waals surface area contributed by atoms with Crippen molar-refractivity contribution in [2.75, 3.05) is 6.54 Å². The van der Waals surface area contributed by atoms with E-state index >= 15 is 0 Å². The summed E-state index contributed by atoms with van der Waals surface area (Å²) in [6, 6.07) is 14.2. The molecule has 0 radical (unpaired) electrons. The van der Waals surface area contributed by atoms with E-state index in [0.29, 0.717) is 23.2 Å². The van der Waals surface area contributed by atoms with Crippen molar-refractivity contribution in [3.63, 3.8) is 0 Å². The van der Waals surface area contributed by atoms with E-state index in [4.69, 9.17) is 23.2 Å². The largest absolute Gasteiger partial charge is 0.505 e. The molecule has 0 bridgehead atoms. The van der Waals surface area contributed by atoms with E-state index < -0.39 is 26.5 Å². The maximum atomic E-state index is 13.5. The van der Waals surface area contributed by atoms with E-state index in [0.717, 1.165) is 10.4 Å². The first-order valence-electron chi connectivity index (χ1n) is 9.91. The highest BCUT2D eigenvalue weighted by Gasteiger charge is 2.29. The smallest absolute Gasteiger partial charge is 0.251 e. The molecule has 6 nitrogen and oxygen atoms in total. The van der Waals surface area contributed by atoms with E-state index in [1.54, 1.807) is 24.3 Å². The number of carbonyl (C=O) groups is 1. The summed E-state index contributed by atoms with van der Waals surface area (Å²) in [5.74, 6) is -1.30. The molecule has 0 unspecified atom stereocenters. The van der Waals surface area contributed by atoms with Gasteiger partial charge in [-0.2, -0.15) is 4.31 Å². The Balaban J connectivity index is 1.99. The van der Waals surface area contributed by atoms with Crippen molar-refractivity contribution in [1.29, 1.82) is 0 Å². The topological polar surface area (TPSA) is 86.7 Å². The van der Waals surface area contributed by atoms with Crippen LogP contribution in [0, 0.1) is 5.82 Å². The Morgan fingerprint density at radius 3 is 2.09 bits per heavy atom. The third-order valence-electron chi connectivity index (χ3n) is 4.80. The SMILES string of the molecule is CCNC(=O)c1ccc(CN(Cc2ccc(F)cc2)S(=O)(=O)c2cc(Cl)cc(Cl)c2O)cc1. The zero-order chi connectivity index (χ0) is 24.2. The van der Waals surface area contributed by atoms with Crippen LogP contribution in [0.25, 0.3) is 0 Å². The van der Waals surface area contributed by atoms with Gasteiger partial charge in [-0.25, -0.2) is 12.8 Å². The van der Waals surface area contributed by atoms with Gasteiger partial charge in [-0.05, 0) is 54.4 Å². The molecule has 33 heavy (non-hydrogen) atoms. The molecule has 0 atom stereocenters. The highest BCUT2D eigenvalue weighted by molar-refractivity contribution is 7.89. The fourth-order valence-electron chi connectivity index (χ4n) is 3.13. The van der Waals surface area contributed by atoms with E-state index in [1.165, 1.54) is 30.3 Å². The normalized spacial score (nSPS) is 11.5. The van der Waals surface area contributed by atoms with Gasteiger partial charge in [0.1, 0.15) is 10.7 Å². The van der Waals surface area contributed by atoms with Crippen LogP contribution in [0.2, 0.25) is 10.0 Å². The summed E-state index contributed by atoms with van der Waals surface area (Å²) in [6.07, 6.45) is 0. The second-order valence-corrected chi connectivity index (χ2v) is 9.94. The van der Waals surface area contributed by atoms with E-state index in [9.17, 15) is 22.7 Å². The minimum atomic E-state index is -4.28. The maximum Gasteiger partial charge on any atom is 0.251 e. The van der Waals surface area contributed by atoms with Crippen LogP contribution in [0.4, 0.5) is 4.39 Å². The van der Waals surface area contributed by atoms with Crippen molar-refractivity contribution < 1.29 is 22.7 Å². The van der Waals surface area contributed by atoms with Gasteiger partial charge in [-0.3, -0.25) is 4.79 Å². The molecule has 3 rings (SSSR count). The van der Waals surface area contributed by atoms with Crippen molar-refractivity contribution in [2.45, 2.75) is 24.9 Å². The quantitative estimate of drug-likeness (QED) is 0.447. The number of carbonyl (C=O) groups excluding carboxylic acids is 1. The molecule has 0 aliphatic carbocycles. The summed E-state index contributed by atoms with van der Waals surface area (Å²) in [5.41, 5.74) is 1.57. The molecule has 0 spiro atoms. The molecule has 0 saturated carbocycles. The molecule has 0 aliphatic rings. The van der Waals surface area contributed by atoms with Crippen molar-refractivity contribution >= 4 is 39.1 Å². The molecule has 10 heteroatoms.